The number of allylic oxidation sites excluding steroid dienone is 2. The van der Waals surface area contributed by atoms with Gasteiger partial charge in [0.25, 0.3) is 0 Å². The van der Waals surface area contributed by atoms with Gasteiger partial charge < -0.3 is 9.84 Å². The molecule has 1 aromatic rings. The second-order valence-electron chi connectivity index (χ2n) is 4.51. The highest BCUT2D eigenvalue weighted by molar-refractivity contribution is 5.80. The summed E-state index contributed by atoms with van der Waals surface area (Å²) in [4.78, 5) is 10.3. The quantitative estimate of drug-likeness (QED) is 0.629. The number of ether oxygens (including phenoxy) is 1. The Labute approximate surface area is 114 Å². The summed E-state index contributed by atoms with van der Waals surface area (Å²) in [5, 5.41) is 8.49. The largest absolute Gasteiger partial charge is 0.478 e. The predicted molar refractivity (Wildman–Crippen MR) is 76.0 cm³/mol. The minimum absolute atomic E-state index is 0.0323. The molecule has 0 radical (unpaired) electrons. The van der Waals surface area contributed by atoms with Crippen LogP contribution in [-0.4, -0.2) is 18.2 Å². The van der Waals surface area contributed by atoms with E-state index in [-0.39, 0.29) is 12.0 Å². The summed E-state index contributed by atoms with van der Waals surface area (Å²) in [6.45, 7) is 4.09. The number of carbonyl (C=O) groups is 1. The highest BCUT2D eigenvalue weighted by Crippen LogP contribution is 2.26. The molecule has 0 saturated carbocycles. The van der Waals surface area contributed by atoms with E-state index in [0.29, 0.717) is 0 Å². The van der Waals surface area contributed by atoms with Gasteiger partial charge in [-0.05, 0) is 12.5 Å². The summed E-state index contributed by atoms with van der Waals surface area (Å²) in [6.07, 6.45) is 6.26. The van der Waals surface area contributed by atoms with Crippen LogP contribution in [0.1, 0.15) is 24.2 Å². The number of aryl methyl sites for hydroxylation is 1. The average molecular weight is 260 g/mol. The van der Waals surface area contributed by atoms with Gasteiger partial charge in [0.05, 0.1) is 6.10 Å². The van der Waals surface area contributed by atoms with Crippen molar-refractivity contribution in [2.45, 2.75) is 20.0 Å². The van der Waals surface area contributed by atoms with Crippen LogP contribution in [-0.2, 0) is 9.53 Å². The van der Waals surface area contributed by atoms with Crippen LogP contribution in [0.25, 0.3) is 0 Å². The Balaban J connectivity index is 2.74. The standard InChI is InChI=1S/C16H20O3/c1-12-8-10-14(11-9-12)16(19-3)13(2)6-4-5-7-15(17)18/h4-11,13,16H,1-3H3,(H,17,18)/b6-4+,7-5+/t13-,16?/m1/s1. The number of hydrogen-bond donors (Lipinski definition) is 1. The molecule has 3 nitrogen and oxygen atoms in total. The summed E-state index contributed by atoms with van der Waals surface area (Å²) < 4.78 is 5.52. The summed E-state index contributed by atoms with van der Waals surface area (Å²) in [6, 6.07) is 8.23. The van der Waals surface area contributed by atoms with Crippen molar-refractivity contribution in [2.24, 2.45) is 5.92 Å². The first-order chi connectivity index (χ1) is 9.04. The zero-order chi connectivity index (χ0) is 14.3. The maximum atomic E-state index is 10.3. The number of aliphatic carboxylic acids is 1. The van der Waals surface area contributed by atoms with Crippen LogP contribution in [0.2, 0.25) is 0 Å². The molecule has 0 aliphatic rings. The van der Waals surface area contributed by atoms with Crippen LogP contribution in [0, 0.1) is 12.8 Å². The summed E-state index contributed by atoms with van der Waals surface area (Å²) in [5.41, 5.74) is 2.33. The van der Waals surface area contributed by atoms with E-state index in [4.69, 9.17) is 9.84 Å². The Morgan fingerprint density at radius 3 is 2.42 bits per heavy atom. The van der Waals surface area contributed by atoms with E-state index >= 15 is 0 Å². The number of benzene rings is 1. The van der Waals surface area contributed by atoms with E-state index in [9.17, 15) is 4.79 Å². The van der Waals surface area contributed by atoms with Crippen molar-refractivity contribution in [3.63, 3.8) is 0 Å². The fourth-order valence-corrected chi connectivity index (χ4v) is 1.89. The molecule has 1 N–H and O–H groups in total. The van der Waals surface area contributed by atoms with Gasteiger partial charge in [-0.15, -0.1) is 0 Å². The van der Waals surface area contributed by atoms with Gasteiger partial charge in [-0.2, -0.15) is 0 Å². The zero-order valence-electron chi connectivity index (χ0n) is 11.5. The lowest BCUT2D eigenvalue weighted by molar-refractivity contribution is -0.131. The molecule has 0 spiro atoms. The molecular formula is C16H20O3. The molecular weight excluding hydrogens is 240 g/mol. The normalized spacial score (nSPS) is 14.9. The Morgan fingerprint density at radius 2 is 1.89 bits per heavy atom. The van der Waals surface area contributed by atoms with Crippen molar-refractivity contribution >= 4 is 5.97 Å². The van der Waals surface area contributed by atoms with Gasteiger partial charge in [0.15, 0.2) is 0 Å². The number of carboxylic acids is 1. The molecule has 0 amide bonds. The molecule has 2 atom stereocenters. The summed E-state index contributed by atoms with van der Waals surface area (Å²) in [7, 11) is 1.68. The first-order valence-electron chi connectivity index (χ1n) is 6.21. The van der Waals surface area contributed by atoms with Gasteiger partial charge in [0, 0.05) is 19.1 Å². The van der Waals surface area contributed by atoms with Crippen molar-refractivity contribution < 1.29 is 14.6 Å². The zero-order valence-corrected chi connectivity index (χ0v) is 11.5. The lowest BCUT2D eigenvalue weighted by atomic mass is 9.96. The van der Waals surface area contributed by atoms with Gasteiger partial charge in [-0.3, -0.25) is 0 Å². The van der Waals surface area contributed by atoms with Crippen LogP contribution in [0.4, 0.5) is 0 Å². The molecule has 0 bridgehead atoms. The minimum Gasteiger partial charge on any atom is -0.478 e. The molecule has 1 rings (SSSR count). The minimum atomic E-state index is -0.945. The molecule has 0 fully saturated rings. The summed E-state index contributed by atoms with van der Waals surface area (Å²) >= 11 is 0. The number of methoxy groups -OCH3 is 1. The van der Waals surface area contributed by atoms with Gasteiger partial charge in [-0.1, -0.05) is 55.0 Å². The average Bonchev–Trinajstić information content (AvgIpc) is 2.37. The van der Waals surface area contributed by atoms with Crippen molar-refractivity contribution in [3.05, 3.63) is 59.7 Å². The van der Waals surface area contributed by atoms with Crippen molar-refractivity contribution in [1.29, 1.82) is 0 Å². The monoisotopic (exact) mass is 260 g/mol. The first-order valence-corrected chi connectivity index (χ1v) is 6.21. The second kappa shape index (κ2) is 7.54. The molecule has 1 unspecified atom stereocenters. The molecule has 0 saturated heterocycles. The van der Waals surface area contributed by atoms with E-state index < -0.39 is 5.97 Å². The van der Waals surface area contributed by atoms with Crippen molar-refractivity contribution in [2.75, 3.05) is 7.11 Å². The highest BCUT2D eigenvalue weighted by atomic mass is 16.5. The van der Waals surface area contributed by atoms with Crippen LogP contribution in [0.3, 0.4) is 0 Å². The number of carboxylic acid groups (broad SMARTS) is 1. The molecule has 102 valence electrons. The van der Waals surface area contributed by atoms with Crippen LogP contribution >= 0.6 is 0 Å². The molecule has 19 heavy (non-hydrogen) atoms. The molecule has 0 aliphatic carbocycles. The Morgan fingerprint density at radius 1 is 1.26 bits per heavy atom. The third kappa shape index (κ3) is 5.10. The smallest absolute Gasteiger partial charge is 0.328 e. The molecule has 3 heteroatoms. The van der Waals surface area contributed by atoms with E-state index in [2.05, 4.69) is 24.3 Å². The van der Waals surface area contributed by atoms with Crippen LogP contribution < -0.4 is 0 Å². The lowest BCUT2D eigenvalue weighted by Crippen LogP contribution is -2.09. The maximum absolute atomic E-state index is 10.3. The molecule has 1 aromatic carbocycles. The van der Waals surface area contributed by atoms with Gasteiger partial charge in [0.2, 0.25) is 0 Å². The topological polar surface area (TPSA) is 46.5 Å². The Hall–Kier alpha value is -1.87. The highest BCUT2D eigenvalue weighted by Gasteiger charge is 2.15. The van der Waals surface area contributed by atoms with Crippen LogP contribution in [0.15, 0.2) is 48.6 Å². The van der Waals surface area contributed by atoms with E-state index in [0.717, 1.165) is 11.6 Å². The number of hydrogen-bond acceptors (Lipinski definition) is 2. The number of rotatable bonds is 6. The van der Waals surface area contributed by atoms with E-state index in [1.165, 1.54) is 11.6 Å². The van der Waals surface area contributed by atoms with Gasteiger partial charge >= 0.3 is 5.97 Å². The van der Waals surface area contributed by atoms with Gasteiger partial charge in [-0.25, -0.2) is 4.79 Å². The molecule has 0 heterocycles. The van der Waals surface area contributed by atoms with Crippen molar-refractivity contribution in [1.82, 2.24) is 0 Å². The first kappa shape index (κ1) is 15.2. The molecule has 0 aromatic heterocycles. The van der Waals surface area contributed by atoms with E-state index in [1.54, 1.807) is 13.2 Å². The van der Waals surface area contributed by atoms with Gasteiger partial charge in [0.1, 0.15) is 0 Å². The summed E-state index contributed by atoms with van der Waals surface area (Å²) in [5.74, 6) is -0.787. The molecule has 0 aliphatic heterocycles. The Kier molecular flexibility index (Phi) is 6.03. The lowest BCUT2D eigenvalue weighted by Gasteiger charge is -2.20. The third-order valence-electron chi connectivity index (χ3n) is 2.90. The fourth-order valence-electron chi connectivity index (χ4n) is 1.89. The fraction of sp³-hybridized carbons (Fsp3) is 0.312. The van der Waals surface area contributed by atoms with E-state index in [1.807, 2.05) is 19.9 Å². The maximum Gasteiger partial charge on any atom is 0.328 e. The van der Waals surface area contributed by atoms with Crippen LogP contribution in [0.5, 0.6) is 0 Å². The van der Waals surface area contributed by atoms with Crippen molar-refractivity contribution in [3.8, 4) is 0 Å². The third-order valence-corrected chi connectivity index (χ3v) is 2.90. The predicted octanol–water partition coefficient (Wildman–Crippen LogP) is 3.52. The SMILES string of the molecule is COC(c1ccc(C)cc1)[C@H](C)/C=C/C=C/C(=O)O. The second-order valence-corrected chi connectivity index (χ2v) is 4.51. The Bertz CT molecular complexity index is 457.